The standard InChI is InChI=1S/C16H17BrN2O5S/c1-7-5-9(14(18)20)16(25-7)19-15(21)8-6-10(22-2)12(23-3)13(24-4)11(8)17/h5-6H,1-4H3,(H2,18,20)(H,19,21). The molecule has 0 atom stereocenters. The van der Waals surface area contributed by atoms with E-state index in [0.717, 1.165) is 4.88 Å². The first-order chi connectivity index (χ1) is 11.8. The third-order valence-corrected chi connectivity index (χ3v) is 5.12. The van der Waals surface area contributed by atoms with Crippen molar-refractivity contribution in [3.8, 4) is 17.2 Å². The van der Waals surface area contributed by atoms with Crippen LogP contribution < -0.4 is 25.3 Å². The molecule has 2 rings (SSSR count). The molecule has 2 aromatic rings. The molecule has 0 bridgehead atoms. The van der Waals surface area contributed by atoms with E-state index in [4.69, 9.17) is 19.9 Å². The molecule has 0 fully saturated rings. The fraction of sp³-hybridized carbons (Fsp3) is 0.250. The lowest BCUT2D eigenvalue weighted by atomic mass is 10.1. The fourth-order valence-electron chi connectivity index (χ4n) is 2.25. The first kappa shape index (κ1) is 19.1. The highest BCUT2D eigenvalue weighted by molar-refractivity contribution is 9.10. The summed E-state index contributed by atoms with van der Waals surface area (Å²) >= 11 is 4.62. The van der Waals surface area contributed by atoms with Crippen LogP contribution in [0.3, 0.4) is 0 Å². The zero-order chi connectivity index (χ0) is 18.7. The van der Waals surface area contributed by atoms with E-state index in [1.165, 1.54) is 38.7 Å². The average molecular weight is 429 g/mol. The Morgan fingerprint density at radius 3 is 2.24 bits per heavy atom. The monoisotopic (exact) mass is 428 g/mol. The number of thiophene rings is 1. The quantitative estimate of drug-likeness (QED) is 0.735. The van der Waals surface area contributed by atoms with Crippen LogP contribution in [0.2, 0.25) is 0 Å². The van der Waals surface area contributed by atoms with Crippen molar-refractivity contribution in [3.63, 3.8) is 0 Å². The van der Waals surface area contributed by atoms with E-state index in [0.29, 0.717) is 26.7 Å². The van der Waals surface area contributed by atoms with Crippen molar-refractivity contribution >= 4 is 44.1 Å². The van der Waals surface area contributed by atoms with Crippen molar-refractivity contribution in [2.45, 2.75) is 6.92 Å². The van der Waals surface area contributed by atoms with E-state index in [-0.39, 0.29) is 11.1 Å². The lowest BCUT2D eigenvalue weighted by Crippen LogP contribution is -2.17. The molecule has 0 aliphatic carbocycles. The Labute approximate surface area is 157 Å². The maximum Gasteiger partial charge on any atom is 0.257 e. The second kappa shape index (κ2) is 7.75. The first-order valence-corrected chi connectivity index (χ1v) is 8.65. The van der Waals surface area contributed by atoms with E-state index in [9.17, 15) is 9.59 Å². The Morgan fingerprint density at radius 2 is 1.72 bits per heavy atom. The van der Waals surface area contributed by atoms with Crippen LogP contribution in [0, 0.1) is 6.92 Å². The molecule has 9 heteroatoms. The van der Waals surface area contributed by atoms with Gasteiger partial charge < -0.3 is 25.3 Å². The van der Waals surface area contributed by atoms with E-state index < -0.39 is 11.8 Å². The molecular weight excluding hydrogens is 412 g/mol. The summed E-state index contributed by atoms with van der Waals surface area (Å²) in [4.78, 5) is 25.1. The molecule has 0 radical (unpaired) electrons. The van der Waals surface area contributed by atoms with Crippen LogP contribution in [0.4, 0.5) is 5.00 Å². The number of carbonyl (C=O) groups excluding carboxylic acids is 2. The number of nitrogens with two attached hydrogens (primary N) is 1. The highest BCUT2D eigenvalue weighted by Crippen LogP contribution is 2.45. The molecule has 0 spiro atoms. The lowest BCUT2D eigenvalue weighted by molar-refractivity contribution is 0.100. The smallest absolute Gasteiger partial charge is 0.257 e. The average Bonchev–Trinajstić information content (AvgIpc) is 2.94. The predicted molar refractivity (Wildman–Crippen MR) is 99.3 cm³/mol. The number of primary amides is 1. The first-order valence-electron chi connectivity index (χ1n) is 7.04. The number of benzene rings is 1. The van der Waals surface area contributed by atoms with Gasteiger partial charge in [-0.2, -0.15) is 0 Å². The Hall–Kier alpha value is -2.26. The largest absolute Gasteiger partial charge is 0.493 e. The molecule has 0 aliphatic rings. The maximum atomic E-state index is 12.7. The SMILES string of the molecule is COc1cc(C(=O)Nc2sc(C)cc2C(N)=O)c(Br)c(OC)c1OC. The van der Waals surface area contributed by atoms with Gasteiger partial charge in [-0.15, -0.1) is 11.3 Å². The minimum Gasteiger partial charge on any atom is -0.493 e. The van der Waals surface area contributed by atoms with E-state index in [1.807, 2.05) is 6.92 Å². The summed E-state index contributed by atoms with van der Waals surface area (Å²) in [7, 11) is 4.39. The number of amides is 2. The number of rotatable bonds is 6. The number of hydrogen-bond donors (Lipinski definition) is 2. The summed E-state index contributed by atoms with van der Waals surface area (Å²) in [5, 5.41) is 3.09. The van der Waals surface area contributed by atoms with Gasteiger partial charge in [-0.3, -0.25) is 9.59 Å². The zero-order valence-corrected chi connectivity index (χ0v) is 16.5. The summed E-state index contributed by atoms with van der Waals surface area (Å²) in [5.74, 6) is -0.0352. The van der Waals surface area contributed by atoms with Crippen molar-refractivity contribution in [2.75, 3.05) is 26.6 Å². The topological polar surface area (TPSA) is 99.9 Å². The van der Waals surface area contributed by atoms with E-state index in [2.05, 4.69) is 21.2 Å². The van der Waals surface area contributed by atoms with Gasteiger partial charge in [-0.1, -0.05) is 0 Å². The molecule has 2 amide bonds. The Kier molecular flexibility index (Phi) is 5.91. The molecule has 0 saturated heterocycles. The summed E-state index contributed by atoms with van der Waals surface area (Å²) in [6.45, 7) is 1.82. The predicted octanol–water partition coefficient (Wildman–Crippen LogP) is 3.20. The van der Waals surface area contributed by atoms with Crippen LogP contribution in [0.5, 0.6) is 17.2 Å². The second-order valence-corrected chi connectivity index (χ2v) is 6.97. The molecule has 1 aromatic carbocycles. The van der Waals surface area contributed by atoms with Crippen LogP contribution in [-0.4, -0.2) is 33.1 Å². The van der Waals surface area contributed by atoms with Crippen LogP contribution in [-0.2, 0) is 0 Å². The van der Waals surface area contributed by atoms with Gasteiger partial charge in [-0.25, -0.2) is 0 Å². The van der Waals surface area contributed by atoms with Gasteiger partial charge in [0.05, 0.1) is 36.9 Å². The Bertz CT molecular complexity index is 834. The number of halogens is 1. The molecular formula is C16H17BrN2O5S. The van der Waals surface area contributed by atoms with E-state index in [1.54, 1.807) is 6.07 Å². The van der Waals surface area contributed by atoms with Gasteiger partial charge in [0.2, 0.25) is 5.75 Å². The highest BCUT2D eigenvalue weighted by Gasteiger charge is 2.24. The fourth-order valence-corrected chi connectivity index (χ4v) is 3.80. The molecule has 0 unspecified atom stereocenters. The number of carbonyl (C=O) groups is 2. The summed E-state index contributed by atoms with van der Waals surface area (Å²) in [5.41, 5.74) is 5.88. The number of hydrogen-bond acceptors (Lipinski definition) is 6. The summed E-state index contributed by atoms with van der Waals surface area (Å²) in [6, 6.07) is 3.15. The summed E-state index contributed by atoms with van der Waals surface area (Å²) < 4.78 is 16.3. The number of anilines is 1. The van der Waals surface area contributed by atoms with Crippen LogP contribution in [0.1, 0.15) is 25.6 Å². The number of aryl methyl sites for hydroxylation is 1. The third-order valence-electron chi connectivity index (χ3n) is 3.36. The highest BCUT2D eigenvalue weighted by atomic mass is 79.9. The third kappa shape index (κ3) is 3.72. The van der Waals surface area contributed by atoms with Crippen molar-refractivity contribution in [1.29, 1.82) is 0 Å². The van der Waals surface area contributed by atoms with E-state index >= 15 is 0 Å². The Balaban J connectivity index is 2.48. The normalized spacial score (nSPS) is 10.3. The zero-order valence-electron chi connectivity index (χ0n) is 14.1. The van der Waals surface area contributed by atoms with Gasteiger partial charge in [0, 0.05) is 4.88 Å². The molecule has 0 saturated carbocycles. The number of ether oxygens (including phenoxy) is 3. The molecule has 25 heavy (non-hydrogen) atoms. The van der Waals surface area contributed by atoms with Crippen LogP contribution in [0.25, 0.3) is 0 Å². The molecule has 1 heterocycles. The Morgan fingerprint density at radius 1 is 1.08 bits per heavy atom. The van der Waals surface area contributed by atoms with Gasteiger partial charge in [0.1, 0.15) is 5.00 Å². The van der Waals surface area contributed by atoms with Crippen molar-refractivity contribution < 1.29 is 23.8 Å². The lowest BCUT2D eigenvalue weighted by Gasteiger charge is -2.16. The second-order valence-electron chi connectivity index (χ2n) is 4.93. The van der Waals surface area contributed by atoms with Gasteiger partial charge in [0.25, 0.3) is 11.8 Å². The van der Waals surface area contributed by atoms with Gasteiger partial charge in [-0.05, 0) is 35.0 Å². The molecule has 1 aromatic heterocycles. The molecule has 7 nitrogen and oxygen atoms in total. The van der Waals surface area contributed by atoms with Crippen LogP contribution in [0.15, 0.2) is 16.6 Å². The van der Waals surface area contributed by atoms with Crippen LogP contribution >= 0.6 is 27.3 Å². The maximum absolute atomic E-state index is 12.7. The minimum atomic E-state index is -0.608. The minimum absolute atomic E-state index is 0.260. The number of nitrogens with one attached hydrogen (secondary N) is 1. The van der Waals surface area contributed by atoms with Gasteiger partial charge in [0.15, 0.2) is 11.5 Å². The van der Waals surface area contributed by atoms with Crippen molar-refractivity contribution in [3.05, 3.63) is 32.6 Å². The molecule has 134 valence electrons. The molecule has 3 N–H and O–H groups in total. The number of methoxy groups -OCH3 is 3. The van der Waals surface area contributed by atoms with Gasteiger partial charge >= 0.3 is 0 Å². The summed E-state index contributed by atoms with van der Waals surface area (Å²) in [6.07, 6.45) is 0. The van der Waals surface area contributed by atoms with Crippen molar-refractivity contribution in [1.82, 2.24) is 0 Å². The molecule has 0 aliphatic heterocycles. The van der Waals surface area contributed by atoms with Crippen molar-refractivity contribution in [2.24, 2.45) is 5.73 Å².